The molecule has 0 unspecified atom stereocenters. The molecule has 0 saturated carbocycles. The highest BCUT2D eigenvalue weighted by Crippen LogP contribution is 2.10. The lowest BCUT2D eigenvalue weighted by molar-refractivity contribution is -0.127. The molecule has 0 aliphatic heterocycles. The van der Waals surface area contributed by atoms with E-state index in [0.717, 1.165) is 37.7 Å². The van der Waals surface area contributed by atoms with Crippen molar-refractivity contribution < 1.29 is 9.59 Å². The van der Waals surface area contributed by atoms with E-state index in [1.165, 1.54) is 14.1 Å². The predicted octanol–water partition coefficient (Wildman–Crippen LogP) is -0.422. The summed E-state index contributed by atoms with van der Waals surface area (Å²) in [5.41, 5.74) is 6.58. The average molecular weight is 391 g/mol. The first-order chi connectivity index (χ1) is 12.7. The lowest BCUT2D eigenvalue weighted by atomic mass is 10.0. The molecule has 0 spiro atoms. The summed E-state index contributed by atoms with van der Waals surface area (Å²) >= 11 is 0.884. The molecule has 0 bridgehead atoms. The van der Waals surface area contributed by atoms with E-state index < -0.39 is 17.2 Å². The van der Waals surface area contributed by atoms with Crippen molar-refractivity contribution in [1.82, 2.24) is 25.2 Å². The van der Waals surface area contributed by atoms with E-state index in [2.05, 4.69) is 16.0 Å². The number of amides is 2. The zero-order chi connectivity index (χ0) is 20.1. The van der Waals surface area contributed by atoms with Crippen molar-refractivity contribution in [2.75, 3.05) is 5.75 Å². The molecule has 0 aliphatic carbocycles. The van der Waals surface area contributed by atoms with Gasteiger partial charge in [0, 0.05) is 14.1 Å². The SMILES string of the molecule is Cc1ccc(CC(=O)NNC(=O)CSc2nn(C)c(=O)n(C)c2=O)cc1C. The number of benzene rings is 1. The zero-order valence-electron chi connectivity index (χ0n) is 15.5. The smallest absolute Gasteiger partial charge is 0.273 e. The van der Waals surface area contributed by atoms with Crippen molar-refractivity contribution >= 4 is 23.6 Å². The van der Waals surface area contributed by atoms with Crippen molar-refractivity contribution in [3.8, 4) is 0 Å². The molecule has 1 heterocycles. The van der Waals surface area contributed by atoms with Crippen molar-refractivity contribution in [2.24, 2.45) is 14.1 Å². The Labute approximate surface area is 159 Å². The molecule has 2 rings (SSSR count). The lowest BCUT2D eigenvalue weighted by Gasteiger charge is -2.09. The number of nitrogens with zero attached hydrogens (tertiary/aromatic N) is 3. The normalized spacial score (nSPS) is 10.5. The first-order valence-electron chi connectivity index (χ1n) is 8.10. The van der Waals surface area contributed by atoms with E-state index in [0.29, 0.717) is 0 Å². The highest BCUT2D eigenvalue weighted by atomic mass is 32.2. The van der Waals surface area contributed by atoms with Gasteiger partial charge < -0.3 is 0 Å². The van der Waals surface area contributed by atoms with Crippen LogP contribution in [0.4, 0.5) is 0 Å². The van der Waals surface area contributed by atoms with Gasteiger partial charge in [-0.3, -0.25) is 29.8 Å². The Morgan fingerprint density at radius 1 is 1.07 bits per heavy atom. The van der Waals surface area contributed by atoms with Gasteiger partial charge in [0.1, 0.15) is 0 Å². The Morgan fingerprint density at radius 3 is 2.41 bits per heavy atom. The molecule has 0 aliphatic rings. The zero-order valence-corrected chi connectivity index (χ0v) is 16.3. The van der Waals surface area contributed by atoms with Crippen LogP contribution in [0, 0.1) is 13.8 Å². The fourth-order valence-corrected chi connectivity index (χ4v) is 2.99. The number of carbonyl (C=O) groups excluding carboxylic acids is 2. The topological polar surface area (TPSA) is 115 Å². The van der Waals surface area contributed by atoms with Gasteiger partial charge in [0.15, 0.2) is 5.03 Å². The molecule has 2 aromatic rings. The van der Waals surface area contributed by atoms with Gasteiger partial charge >= 0.3 is 5.69 Å². The van der Waals surface area contributed by atoms with Crippen LogP contribution in [0.15, 0.2) is 32.8 Å². The Hall–Kier alpha value is -2.88. The van der Waals surface area contributed by atoms with Gasteiger partial charge in [-0.25, -0.2) is 9.48 Å². The number of aryl methyl sites for hydroxylation is 3. The third kappa shape index (κ3) is 5.30. The van der Waals surface area contributed by atoms with Crippen LogP contribution in [0.25, 0.3) is 0 Å². The maximum Gasteiger partial charge on any atom is 0.346 e. The predicted molar refractivity (Wildman–Crippen MR) is 101 cm³/mol. The molecule has 144 valence electrons. The molecule has 1 aromatic heterocycles. The highest BCUT2D eigenvalue weighted by Gasteiger charge is 2.12. The molecular formula is C17H21N5O4S. The van der Waals surface area contributed by atoms with Gasteiger partial charge in [0.25, 0.3) is 5.56 Å². The van der Waals surface area contributed by atoms with Crippen LogP contribution in [-0.4, -0.2) is 31.9 Å². The second-order valence-corrected chi connectivity index (χ2v) is 7.02. The van der Waals surface area contributed by atoms with Crippen LogP contribution in [0.2, 0.25) is 0 Å². The number of aromatic nitrogens is 3. The first kappa shape index (κ1) is 20.4. The monoisotopic (exact) mass is 391 g/mol. The van der Waals surface area contributed by atoms with Crippen molar-refractivity contribution in [1.29, 1.82) is 0 Å². The van der Waals surface area contributed by atoms with E-state index in [1.54, 1.807) is 0 Å². The quantitative estimate of drug-likeness (QED) is 0.528. The van der Waals surface area contributed by atoms with E-state index in [-0.39, 0.29) is 23.1 Å². The number of carbonyl (C=O) groups is 2. The molecule has 0 atom stereocenters. The summed E-state index contributed by atoms with van der Waals surface area (Å²) in [5.74, 6) is -0.983. The van der Waals surface area contributed by atoms with Gasteiger partial charge in [-0.05, 0) is 30.5 Å². The second kappa shape index (κ2) is 8.67. The Bertz CT molecular complexity index is 996. The third-order valence-corrected chi connectivity index (χ3v) is 4.85. The summed E-state index contributed by atoms with van der Waals surface area (Å²) in [5, 5.41) is 3.86. The summed E-state index contributed by atoms with van der Waals surface area (Å²) in [4.78, 5) is 47.3. The van der Waals surface area contributed by atoms with Crippen LogP contribution in [0.3, 0.4) is 0 Å². The molecular weight excluding hydrogens is 370 g/mol. The molecule has 0 radical (unpaired) electrons. The van der Waals surface area contributed by atoms with Crippen LogP contribution in [0.5, 0.6) is 0 Å². The number of hydrazine groups is 1. The fourth-order valence-electron chi connectivity index (χ4n) is 2.21. The number of nitrogens with one attached hydrogen (secondary N) is 2. The standard InChI is InChI=1S/C17H21N5O4S/c1-10-5-6-12(7-11(10)2)8-13(23)18-19-14(24)9-27-15-16(25)21(3)17(26)22(4)20-15/h5-7H,8-9H2,1-4H3,(H,18,23)(H,19,24). The van der Waals surface area contributed by atoms with E-state index in [9.17, 15) is 19.2 Å². The minimum Gasteiger partial charge on any atom is -0.273 e. The van der Waals surface area contributed by atoms with Crippen LogP contribution < -0.4 is 22.1 Å². The molecule has 0 saturated heterocycles. The molecule has 27 heavy (non-hydrogen) atoms. The van der Waals surface area contributed by atoms with Crippen LogP contribution >= 0.6 is 11.8 Å². The summed E-state index contributed by atoms with van der Waals surface area (Å²) in [6.07, 6.45) is 0.136. The van der Waals surface area contributed by atoms with Crippen LogP contribution in [-0.2, 0) is 30.1 Å². The fraction of sp³-hybridized carbons (Fsp3) is 0.353. The summed E-state index contributed by atoms with van der Waals surface area (Å²) in [6.45, 7) is 3.96. The Morgan fingerprint density at radius 2 is 1.74 bits per heavy atom. The van der Waals surface area contributed by atoms with Gasteiger partial charge in [-0.1, -0.05) is 30.0 Å². The molecule has 2 N–H and O–H groups in total. The molecule has 2 amide bonds. The minimum atomic E-state index is -0.574. The van der Waals surface area contributed by atoms with Crippen molar-refractivity contribution in [3.63, 3.8) is 0 Å². The van der Waals surface area contributed by atoms with E-state index >= 15 is 0 Å². The average Bonchev–Trinajstić information content (AvgIpc) is 2.63. The summed E-state index contributed by atoms with van der Waals surface area (Å²) in [7, 11) is 2.75. The Kier molecular flexibility index (Phi) is 6.56. The first-order valence-corrected chi connectivity index (χ1v) is 9.08. The van der Waals surface area contributed by atoms with Crippen molar-refractivity contribution in [3.05, 3.63) is 55.7 Å². The molecule has 1 aromatic carbocycles. The Balaban J connectivity index is 1.86. The maximum atomic E-state index is 11.9. The number of hydrogen-bond donors (Lipinski definition) is 2. The number of hydrogen-bond acceptors (Lipinski definition) is 6. The second-order valence-electron chi connectivity index (χ2n) is 6.06. The number of rotatable bonds is 5. The number of thioether (sulfide) groups is 1. The highest BCUT2D eigenvalue weighted by molar-refractivity contribution is 7.99. The summed E-state index contributed by atoms with van der Waals surface area (Å²) < 4.78 is 1.94. The van der Waals surface area contributed by atoms with E-state index in [4.69, 9.17) is 0 Å². The third-order valence-electron chi connectivity index (χ3n) is 3.91. The molecule has 10 heteroatoms. The van der Waals surface area contributed by atoms with Crippen molar-refractivity contribution in [2.45, 2.75) is 25.3 Å². The molecule has 0 fully saturated rings. The van der Waals surface area contributed by atoms with Crippen LogP contribution in [0.1, 0.15) is 16.7 Å². The lowest BCUT2D eigenvalue weighted by Crippen LogP contribution is -2.43. The van der Waals surface area contributed by atoms with E-state index in [1.807, 2.05) is 32.0 Å². The van der Waals surface area contributed by atoms with Gasteiger partial charge in [-0.2, -0.15) is 5.10 Å². The molecule has 9 nitrogen and oxygen atoms in total. The summed E-state index contributed by atoms with van der Waals surface area (Å²) in [6, 6.07) is 5.72. The van der Waals surface area contributed by atoms with Gasteiger partial charge in [0.2, 0.25) is 11.8 Å². The van der Waals surface area contributed by atoms with Gasteiger partial charge in [-0.15, -0.1) is 0 Å². The largest absolute Gasteiger partial charge is 0.346 e. The maximum absolute atomic E-state index is 11.9. The minimum absolute atomic E-state index is 0.0243. The van der Waals surface area contributed by atoms with Gasteiger partial charge in [0.05, 0.1) is 12.2 Å².